The maximum Gasteiger partial charge on any atom is 0.138 e. The predicted octanol–water partition coefficient (Wildman–Crippen LogP) is 1.79. The van der Waals surface area contributed by atoms with Crippen molar-refractivity contribution in [2.24, 2.45) is 0 Å². The summed E-state index contributed by atoms with van der Waals surface area (Å²) in [6.07, 6.45) is 5.19. The van der Waals surface area contributed by atoms with Gasteiger partial charge in [0, 0.05) is 18.1 Å². The number of hydrogen-bond donors (Lipinski definition) is 0. The zero-order chi connectivity index (χ0) is 11.0. The Balaban J connectivity index is 2.12. The Hall–Kier alpha value is -1.82. The van der Waals surface area contributed by atoms with Gasteiger partial charge in [0.25, 0.3) is 0 Å². The molecule has 0 aliphatic rings. The average molecular weight is 231 g/mol. The van der Waals surface area contributed by atoms with Gasteiger partial charge in [-0.1, -0.05) is 6.07 Å². The van der Waals surface area contributed by atoms with Gasteiger partial charge in [0.2, 0.25) is 0 Å². The molecule has 3 heterocycles. The number of nitrogens with zero attached hydrogens (tertiary/aromatic N) is 5. The van der Waals surface area contributed by atoms with Crippen molar-refractivity contribution in [3.63, 3.8) is 0 Å². The molecular weight excluding hydrogens is 222 g/mol. The lowest BCUT2D eigenvalue weighted by molar-refractivity contribution is 0.967. The number of imidazole rings is 1. The number of pyridine rings is 1. The molecule has 0 bridgehead atoms. The summed E-state index contributed by atoms with van der Waals surface area (Å²) in [5.41, 5.74) is 1.94. The Labute approximate surface area is 96.3 Å². The molecule has 3 aromatic heterocycles. The van der Waals surface area contributed by atoms with E-state index in [-0.39, 0.29) is 0 Å². The molecule has 3 aromatic rings. The van der Waals surface area contributed by atoms with E-state index >= 15 is 0 Å². The van der Waals surface area contributed by atoms with Crippen LogP contribution in [0, 0.1) is 6.92 Å². The molecule has 0 amide bonds. The van der Waals surface area contributed by atoms with Gasteiger partial charge in [-0.3, -0.25) is 4.40 Å². The first-order valence-corrected chi connectivity index (χ1v) is 5.58. The molecule has 0 fully saturated rings. The third kappa shape index (κ3) is 1.47. The van der Waals surface area contributed by atoms with Gasteiger partial charge in [0.1, 0.15) is 23.3 Å². The lowest BCUT2D eigenvalue weighted by Crippen LogP contribution is -1.91. The van der Waals surface area contributed by atoms with Gasteiger partial charge in [-0.05, 0) is 19.1 Å². The largest absolute Gasteiger partial charge is 0.293 e. The Morgan fingerprint density at radius 3 is 3.06 bits per heavy atom. The number of aromatic nitrogens is 5. The fraction of sp³-hybridized carbons (Fsp3) is 0.100. The van der Waals surface area contributed by atoms with Crippen molar-refractivity contribution in [3.05, 3.63) is 42.7 Å². The molecule has 0 N–H and O–H groups in total. The van der Waals surface area contributed by atoms with Crippen LogP contribution in [0.2, 0.25) is 0 Å². The van der Waals surface area contributed by atoms with Gasteiger partial charge in [-0.15, -0.1) is 5.10 Å². The van der Waals surface area contributed by atoms with Crippen LogP contribution in [0.15, 0.2) is 42.1 Å². The normalized spacial score (nSPS) is 11.1. The van der Waals surface area contributed by atoms with E-state index < -0.39 is 0 Å². The summed E-state index contributed by atoms with van der Waals surface area (Å²) >= 11 is 1.50. The third-order valence-electron chi connectivity index (χ3n) is 2.23. The lowest BCUT2D eigenvalue weighted by Gasteiger charge is -2.00. The first-order valence-electron chi connectivity index (χ1n) is 4.81. The second-order valence-corrected chi connectivity index (χ2v) is 4.26. The summed E-state index contributed by atoms with van der Waals surface area (Å²) in [5.74, 6) is 0. The van der Waals surface area contributed by atoms with Crippen LogP contribution in [0.1, 0.15) is 5.69 Å². The fourth-order valence-corrected chi connectivity index (χ4v) is 2.32. The average Bonchev–Trinajstić information content (AvgIpc) is 2.89. The Kier molecular flexibility index (Phi) is 2.14. The van der Waals surface area contributed by atoms with Gasteiger partial charge in [-0.2, -0.15) is 4.09 Å². The summed E-state index contributed by atoms with van der Waals surface area (Å²) in [6.45, 7) is 1.99. The van der Waals surface area contributed by atoms with E-state index in [4.69, 9.17) is 0 Å². The van der Waals surface area contributed by atoms with Gasteiger partial charge < -0.3 is 0 Å². The summed E-state index contributed by atoms with van der Waals surface area (Å²) in [5, 5.41) is 5.12. The molecule has 80 valence electrons. The Bertz CT molecular complexity index is 613. The lowest BCUT2D eigenvalue weighted by atomic mass is 10.5. The van der Waals surface area contributed by atoms with Crippen molar-refractivity contribution >= 4 is 17.6 Å². The molecule has 0 aromatic carbocycles. The molecule has 3 rings (SSSR count). The van der Waals surface area contributed by atoms with E-state index in [9.17, 15) is 0 Å². The molecule has 6 heteroatoms. The van der Waals surface area contributed by atoms with Crippen molar-refractivity contribution in [1.29, 1.82) is 0 Å². The van der Waals surface area contributed by atoms with Gasteiger partial charge in [-0.25, -0.2) is 9.97 Å². The van der Waals surface area contributed by atoms with Gasteiger partial charge in [0.15, 0.2) is 0 Å². The molecule has 0 unspecified atom stereocenters. The number of aryl methyl sites for hydroxylation is 1. The van der Waals surface area contributed by atoms with E-state index in [1.165, 1.54) is 18.3 Å². The van der Waals surface area contributed by atoms with Crippen LogP contribution in [0.3, 0.4) is 0 Å². The van der Waals surface area contributed by atoms with Crippen LogP contribution < -0.4 is 0 Å². The van der Waals surface area contributed by atoms with E-state index in [1.807, 2.05) is 35.7 Å². The number of fused-ring (bicyclic) bond motifs is 1. The SMILES string of the molecule is Cc1nc2ccccn2c1Sn1cncn1. The summed E-state index contributed by atoms with van der Waals surface area (Å²) in [6, 6.07) is 5.95. The minimum Gasteiger partial charge on any atom is -0.293 e. The van der Waals surface area contributed by atoms with E-state index in [2.05, 4.69) is 15.1 Å². The summed E-state index contributed by atoms with van der Waals surface area (Å²) in [7, 11) is 0. The molecule has 0 aliphatic carbocycles. The highest BCUT2D eigenvalue weighted by Gasteiger charge is 2.09. The second kappa shape index (κ2) is 3.64. The smallest absolute Gasteiger partial charge is 0.138 e. The highest BCUT2D eigenvalue weighted by molar-refractivity contribution is 7.97. The standard InChI is InChI=1S/C10H9N5S/c1-8-10(16-15-7-11-6-12-15)14-5-3-2-4-9(14)13-8/h2-7H,1H3. The summed E-state index contributed by atoms with van der Waals surface area (Å²) in [4.78, 5) is 8.39. The molecule has 0 saturated heterocycles. The van der Waals surface area contributed by atoms with Gasteiger partial charge >= 0.3 is 0 Å². The van der Waals surface area contributed by atoms with Crippen LogP contribution in [-0.2, 0) is 0 Å². The maximum absolute atomic E-state index is 4.47. The number of hydrogen-bond acceptors (Lipinski definition) is 4. The quantitative estimate of drug-likeness (QED) is 0.674. The first kappa shape index (κ1) is 9.41. The topological polar surface area (TPSA) is 48.0 Å². The van der Waals surface area contributed by atoms with Crippen LogP contribution >= 0.6 is 11.9 Å². The monoisotopic (exact) mass is 231 g/mol. The molecule has 16 heavy (non-hydrogen) atoms. The molecular formula is C10H9N5S. The molecule has 0 saturated carbocycles. The minimum atomic E-state index is 0.947. The molecule has 0 radical (unpaired) electrons. The third-order valence-corrected chi connectivity index (χ3v) is 3.27. The fourth-order valence-electron chi connectivity index (χ4n) is 1.53. The predicted molar refractivity (Wildman–Crippen MR) is 61.2 cm³/mol. The van der Waals surface area contributed by atoms with E-state index in [1.54, 1.807) is 10.4 Å². The maximum atomic E-state index is 4.47. The zero-order valence-electron chi connectivity index (χ0n) is 8.61. The van der Waals surface area contributed by atoms with Crippen LogP contribution in [-0.4, -0.2) is 23.6 Å². The second-order valence-electron chi connectivity index (χ2n) is 3.32. The first-order chi connectivity index (χ1) is 7.84. The molecule has 0 atom stereocenters. The Morgan fingerprint density at radius 2 is 2.25 bits per heavy atom. The van der Waals surface area contributed by atoms with Crippen molar-refractivity contribution in [3.8, 4) is 0 Å². The van der Waals surface area contributed by atoms with Crippen molar-refractivity contribution in [1.82, 2.24) is 23.6 Å². The number of rotatable bonds is 2. The van der Waals surface area contributed by atoms with Gasteiger partial charge in [0.05, 0.1) is 5.69 Å². The molecule has 0 spiro atoms. The van der Waals surface area contributed by atoms with E-state index in [0.29, 0.717) is 0 Å². The minimum absolute atomic E-state index is 0.947. The van der Waals surface area contributed by atoms with Crippen LogP contribution in [0.4, 0.5) is 0 Å². The molecule has 0 aliphatic heterocycles. The van der Waals surface area contributed by atoms with Crippen molar-refractivity contribution < 1.29 is 0 Å². The summed E-state index contributed by atoms with van der Waals surface area (Å²) < 4.78 is 3.76. The Morgan fingerprint density at radius 1 is 1.31 bits per heavy atom. The highest BCUT2D eigenvalue weighted by atomic mass is 32.2. The van der Waals surface area contributed by atoms with Crippen molar-refractivity contribution in [2.45, 2.75) is 11.9 Å². The van der Waals surface area contributed by atoms with Crippen molar-refractivity contribution in [2.75, 3.05) is 0 Å². The zero-order valence-corrected chi connectivity index (χ0v) is 9.42. The van der Waals surface area contributed by atoms with E-state index in [0.717, 1.165) is 16.4 Å². The highest BCUT2D eigenvalue weighted by Crippen LogP contribution is 2.23. The van der Waals surface area contributed by atoms with Crippen LogP contribution in [0.25, 0.3) is 5.65 Å². The molecule has 5 nitrogen and oxygen atoms in total. The van der Waals surface area contributed by atoms with Crippen LogP contribution in [0.5, 0.6) is 0 Å².